The maximum atomic E-state index is 13.6. The van der Waals surface area contributed by atoms with Crippen molar-refractivity contribution in [2.45, 2.75) is 5.92 Å². The van der Waals surface area contributed by atoms with Crippen molar-refractivity contribution in [3.8, 4) is 51.7 Å². The molecule has 0 unspecified atom stereocenters. The van der Waals surface area contributed by atoms with Gasteiger partial charge in [-0.1, -0.05) is 0 Å². The molecule has 1 aliphatic heterocycles. The van der Waals surface area contributed by atoms with E-state index in [0.717, 1.165) is 0 Å². The molecule has 5 rings (SSSR count). The van der Waals surface area contributed by atoms with Crippen LogP contribution in [0.5, 0.6) is 23.1 Å². The minimum absolute atomic E-state index is 0.0656. The molecule has 0 saturated heterocycles. The molecule has 0 amide bonds. The van der Waals surface area contributed by atoms with E-state index in [0.29, 0.717) is 50.9 Å². The fourth-order valence-corrected chi connectivity index (χ4v) is 4.36. The van der Waals surface area contributed by atoms with Gasteiger partial charge < -0.3 is 24.7 Å². The van der Waals surface area contributed by atoms with Gasteiger partial charge in [-0.2, -0.15) is 10.4 Å². The molecule has 36 heavy (non-hydrogen) atoms. The van der Waals surface area contributed by atoms with Gasteiger partial charge in [0.05, 0.1) is 50.4 Å². The predicted molar refractivity (Wildman–Crippen MR) is 127 cm³/mol. The molecule has 0 radical (unpaired) electrons. The summed E-state index contributed by atoms with van der Waals surface area (Å²) < 4.78 is 35.7. The summed E-state index contributed by atoms with van der Waals surface area (Å²) in [7, 11) is 4.56. The zero-order valence-electron chi connectivity index (χ0n) is 19.5. The molecule has 0 fully saturated rings. The second-order valence-electron chi connectivity index (χ2n) is 7.86. The molecular weight excluding hydrogens is 467 g/mol. The Morgan fingerprint density at radius 2 is 1.69 bits per heavy atom. The lowest BCUT2D eigenvalue weighted by Crippen LogP contribution is -2.21. The molecule has 0 bridgehead atoms. The number of nitriles is 1. The van der Waals surface area contributed by atoms with Crippen LogP contribution in [0.2, 0.25) is 0 Å². The number of fused-ring (bicyclic) bond motifs is 1. The van der Waals surface area contributed by atoms with Crippen LogP contribution in [-0.2, 0) is 0 Å². The second kappa shape index (κ2) is 8.99. The van der Waals surface area contributed by atoms with Crippen LogP contribution in [0.4, 0.5) is 4.39 Å². The molecule has 3 heterocycles. The van der Waals surface area contributed by atoms with Crippen molar-refractivity contribution in [1.82, 2.24) is 20.4 Å². The van der Waals surface area contributed by atoms with Crippen LogP contribution >= 0.6 is 0 Å². The van der Waals surface area contributed by atoms with E-state index in [1.165, 1.54) is 33.5 Å². The number of hydrogen-bond acceptors (Lipinski definition) is 8. The Morgan fingerprint density at radius 3 is 2.31 bits per heavy atom. The SMILES string of the molecule is COc1cc(-c2[nH]nc3c2[C@@H](c2cn[nH]c2-c2ccc(F)cc2)C(C#N)=C(N)O3)cc(OC)c1OC. The van der Waals surface area contributed by atoms with Crippen molar-refractivity contribution in [3.05, 3.63) is 71.0 Å². The van der Waals surface area contributed by atoms with Crippen molar-refractivity contribution in [1.29, 1.82) is 5.26 Å². The fourth-order valence-electron chi connectivity index (χ4n) is 4.36. The second-order valence-corrected chi connectivity index (χ2v) is 7.86. The quantitative estimate of drug-likeness (QED) is 0.371. The highest BCUT2D eigenvalue weighted by molar-refractivity contribution is 5.77. The molecule has 11 heteroatoms. The topological polar surface area (TPSA) is 144 Å². The average Bonchev–Trinajstić information content (AvgIpc) is 3.55. The molecule has 182 valence electrons. The number of nitrogens with two attached hydrogens (primary N) is 1. The van der Waals surface area contributed by atoms with Crippen molar-refractivity contribution in [2.75, 3.05) is 21.3 Å². The number of ether oxygens (including phenoxy) is 4. The van der Waals surface area contributed by atoms with Crippen molar-refractivity contribution >= 4 is 0 Å². The summed E-state index contributed by atoms with van der Waals surface area (Å²) in [5.41, 5.74) is 10.0. The lowest BCUT2D eigenvalue weighted by atomic mass is 9.82. The molecular formula is C25H21FN6O4. The van der Waals surface area contributed by atoms with Crippen LogP contribution in [0.15, 0.2) is 54.1 Å². The molecule has 1 aliphatic rings. The number of halogens is 1. The van der Waals surface area contributed by atoms with Crippen LogP contribution in [0, 0.1) is 17.1 Å². The maximum Gasteiger partial charge on any atom is 0.244 e. The Labute approximate surface area is 205 Å². The lowest BCUT2D eigenvalue weighted by molar-refractivity contribution is 0.324. The van der Waals surface area contributed by atoms with E-state index in [9.17, 15) is 9.65 Å². The van der Waals surface area contributed by atoms with E-state index in [2.05, 4.69) is 26.5 Å². The summed E-state index contributed by atoms with van der Waals surface area (Å²) in [6, 6.07) is 11.6. The monoisotopic (exact) mass is 488 g/mol. The number of allylic oxidation sites excluding steroid dienone is 1. The zero-order chi connectivity index (χ0) is 25.4. The molecule has 10 nitrogen and oxygen atoms in total. The van der Waals surface area contributed by atoms with Gasteiger partial charge in [0.1, 0.15) is 17.5 Å². The maximum absolute atomic E-state index is 13.6. The molecule has 1 atom stereocenters. The van der Waals surface area contributed by atoms with Crippen LogP contribution in [0.1, 0.15) is 17.0 Å². The lowest BCUT2D eigenvalue weighted by Gasteiger charge is -2.24. The minimum Gasteiger partial charge on any atom is -0.493 e. The normalized spacial score (nSPS) is 14.6. The molecule has 0 saturated carbocycles. The standard InChI is InChI=1S/C25H21FN6O4/c1-33-17-8-13(9-18(34-2)23(17)35-3)22-20-19(15(10-27)24(28)36-25(20)32-31-22)16-11-29-30-21(16)12-4-6-14(26)7-5-12/h4-9,11,19H,28H2,1-3H3,(H,29,30)(H,31,32)/t19-/m1/s1. The van der Waals surface area contributed by atoms with Crippen LogP contribution in [0.25, 0.3) is 22.5 Å². The third-order valence-corrected chi connectivity index (χ3v) is 6.00. The number of methoxy groups -OCH3 is 3. The first-order valence-corrected chi connectivity index (χ1v) is 10.8. The van der Waals surface area contributed by atoms with Crippen molar-refractivity contribution in [2.24, 2.45) is 5.73 Å². The Hall–Kier alpha value is -4.98. The molecule has 4 N–H and O–H groups in total. The molecule has 2 aromatic heterocycles. The number of hydrogen-bond donors (Lipinski definition) is 3. The molecule has 4 aromatic rings. The highest BCUT2D eigenvalue weighted by atomic mass is 19.1. The third-order valence-electron chi connectivity index (χ3n) is 6.00. The van der Waals surface area contributed by atoms with E-state index in [-0.39, 0.29) is 23.2 Å². The van der Waals surface area contributed by atoms with Crippen LogP contribution in [-0.4, -0.2) is 41.7 Å². The predicted octanol–water partition coefficient (Wildman–Crippen LogP) is 3.85. The molecule has 2 aromatic carbocycles. The number of nitrogens with zero attached hydrogens (tertiary/aromatic N) is 3. The summed E-state index contributed by atoms with van der Waals surface area (Å²) in [4.78, 5) is 0. The number of aromatic amines is 2. The van der Waals surface area contributed by atoms with Gasteiger partial charge in [0.2, 0.25) is 17.5 Å². The molecule has 0 spiro atoms. The highest BCUT2D eigenvalue weighted by Gasteiger charge is 2.38. The largest absolute Gasteiger partial charge is 0.493 e. The Morgan fingerprint density at radius 1 is 1.00 bits per heavy atom. The van der Waals surface area contributed by atoms with Gasteiger partial charge in [-0.25, -0.2) is 4.39 Å². The number of rotatable bonds is 6. The summed E-state index contributed by atoms with van der Waals surface area (Å²) in [6.07, 6.45) is 1.61. The van der Waals surface area contributed by atoms with Gasteiger partial charge in [0.25, 0.3) is 0 Å². The van der Waals surface area contributed by atoms with E-state index in [4.69, 9.17) is 24.7 Å². The van der Waals surface area contributed by atoms with Gasteiger partial charge in [-0.3, -0.25) is 10.2 Å². The van der Waals surface area contributed by atoms with Crippen molar-refractivity contribution < 1.29 is 23.3 Å². The van der Waals surface area contributed by atoms with Gasteiger partial charge in [-0.15, -0.1) is 5.10 Å². The third kappa shape index (κ3) is 3.56. The van der Waals surface area contributed by atoms with Crippen LogP contribution in [0.3, 0.4) is 0 Å². The summed E-state index contributed by atoms with van der Waals surface area (Å²) >= 11 is 0. The Balaban J connectivity index is 1.73. The summed E-state index contributed by atoms with van der Waals surface area (Å²) in [5, 5.41) is 24.5. The number of benzene rings is 2. The summed E-state index contributed by atoms with van der Waals surface area (Å²) in [5.74, 6) is 0.402. The average molecular weight is 488 g/mol. The first-order chi connectivity index (χ1) is 17.5. The minimum atomic E-state index is -0.689. The fraction of sp³-hybridized carbons (Fsp3) is 0.160. The van der Waals surface area contributed by atoms with Gasteiger partial charge >= 0.3 is 0 Å². The van der Waals surface area contributed by atoms with Gasteiger partial charge in [0, 0.05) is 16.7 Å². The number of H-pyrrole nitrogens is 2. The van der Waals surface area contributed by atoms with E-state index < -0.39 is 5.92 Å². The first kappa shape index (κ1) is 22.8. The van der Waals surface area contributed by atoms with E-state index in [1.807, 2.05) is 0 Å². The van der Waals surface area contributed by atoms with E-state index >= 15 is 0 Å². The number of aromatic nitrogens is 4. The first-order valence-electron chi connectivity index (χ1n) is 10.8. The smallest absolute Gasteiger partial charge is 0.244 e. The molecule has 0 aliphatic carbocycles. The number of nitrogens with one attached hydrogen (secondary N) is 2. The van der Waals surface area contributed by atoms with Gasteiger partial charge in [-0.05, 0) is 36.4 Å². The highest BCUT2D eigenvalue weighted by Crippen LogP contribution is 2.49. The Kier molecular flexibility index (Phi) is 5.69. The van der Waals surface area contributed by atoms with E-state index in [1.54, 1.807) is 30.5 Å². The van der Waals surface area contributed by atoms with Gasteiger partial charge in [0.15, 0.2) is 11.5 Å². The summed E-state index contributed by atoms with van der Waals surface area (Å²) in [6.45, 7) is 0. The Bertz CT molecular complexity index is 1490. The van der Waals surface area contributed by atoms with Crippen LogP contribution < -0.4 is 24.7 Å². The zero-order valence-corrected chi connectivity index (χ0v) is 19.5. The van der Waals surface area contributed by atoms with Crippen molar-refractivity contribution in [3.63, 3.8) is 0 Å².